The maximum absolute atomic E-state index is 9.34. The van der Waals surface area contributed by atoms with E-state index in [-0.39, 0.29) is 0 Å². The summed E-state index contributed by atoms with van der Waals surface area (Å²) in [6.07, 6.45) is 1.43. The minimum absolute atomic E-state index is 0.290. The number of unbranched alkanes of at least 4 members (excludes halogenated alkanes) is 1. The Balaban J connectivity index is 2.04. The van der Waals surface area contributed by atoms with Crippen molar-refractivity contribution in [2.24, 2.45) is 0 Å². The van der Waals surface area contributed by atoms with Crippen LogP contribution in [0.3, 0.4) is 0 Å². The summed E-state index contributed by atoms with van der Waals surface area (Å²) < 4.78 is 10.7. The van der Waals surface area contributed by atoms with Crippen LogP contribution >= 0.6 is 0 Å². The standard InChI is InChI=1S/C14H18N2O3/c1-3-4-9-18-12-7-5-11(6-8-12)14-15-13(10(2)17)16-19-14/h5-8,10,17H,3-4,9H2,1-2H3. The van der Waals surface area contributed by atoms with Gasteiger partial charge in [-0.25, -0.2) is 0 Å². The summed E-state index contributed by atoms with van der Waals surface area (Å²) in [4.78, 5) is 4.12. The first kappa shape index (κ1) is 13.5. The number of hydrogen-bond acceptors (Lipinski definition) is 5. The summed E-state index contributed by atoms with van der Waals surface area (Å²) in [6.45, 7) is 4.45. The third-order valence-corrected chi connectivity index (χ3v) is 2.68. The van der Waals surface area contributed by atoms with E-state index in [9.17, 15) is 5.11 Å². The first-order valence-corrected chi connectivity index (χ1v) is 6.45. The molecule has 5 heteroatoms. The van der Waals surface area contributed by atoms with Gasteiger partial charge in [0, 0.05) is 5.56 Å². The smallest absolute Gasteiger partial charge is 0.258 e. The zero-order valence-electron chi connectivity index (χ0n) is 11.2. The number of aliphatic hydroxyl groups is 1. The van der Waals surface area contributed by atoms with Crippen molar-refractivity contribution in [3.05, 3.63) is 30.1 Å². The average Bonchev–Trinajstić information content (AvgIpc) is 2.90. The molecule has 2 aromatic rings. The van der Waals surface area contributed by atoms with Crippen molar-refractivity contribution in [2.45, 2.75) is 32.8 Å². The highest BCUT2D eigenvalue weighted by atomic mass is 16.5. The van der Waals surface area contributed by atoms with Crippen LogP contribution < -0.4 is 4.74 Å². The Morgan fingerprint density at radius 2 is 2.05 bits per heavy atom. The molecule has 0 fully saturated rings. The fourth-order valence-corrected chi connectivity index (χ4v) is 1.55. The van der Waals surface area contributed by atoms with Crippen LogP contribution in [0.1, 0.15) is 38.6 Å². The van der Waals surface area contributed by atoms with Gasteiger partial charge in [0.15, 0.2) is 5.82 Å². The van der Waals surface area contributed by atoms with Crippen LogP contribution in [0.5, 0.6) is 5.75 Å². The minimum Gasteiger partial charge on any atom is -0.494 e. The first-order chi connectivity index (χ1) is 9.20. The maximum atomic E-state index is 9.34. The predicted octanol–water partition coefficient (Wildman–Crippen LogP) is 2.97. The molecule has 19 heavy (non-hydrogen) atoms. The Hall–Kier alpha value is -1.88. The van der Waals surface area contributed by atoms with E-state index in [1.807, 2.05) is 24.3 Å². The fourth-order valence-electron chi connectivity index (χ4n) is 1.55. The van der Waals surface area contributed by atoms with Gasteiger partial charge in [-0.15, -0.1) is 0 Å². The molecule has 102 valence electrons. The van der Waals surface area contributed by atoms with Gasteiger partial charge in [-0.2, -0.15) is 4.98 Å². The molecule has 1 aromatic heterocycles. The Bertz CT molecular complexity index is 506. The zero-order valence-corrected chi connectivity index (χ0v) is 11.2. The molecule has 1 atom stereocenters. The Kier molecular flexibility index (Phi) is 4.52. The lowest BCUT2D eigenvalue weighted by Gasteiger charge is -2.04. The van der Waals surface area contributed by atoms with Crippen molar-refractivity contribution >= 4 is 0 Å². The van der Waals surface area contributed by atoms with Crippen LogP contribution in [-0.4, -0.2) is 21.9 Å². The molecular formula is C14H18N2O3. The van der Waals surface area contributed by atoms with E-state index in [2.05, 4.69) is 17.1 Å². The highest BCUT2D eigenvalue weighted by molar-refractivity contribution is 5.54. The van der Waals surface area contributed by atoms with E-state index >= 15 is 0 Å². The zero-order chi connectivity index (χ0) is 13.7. The quantitative estimate of drug-likeness (QED) is 0.810. The molecule has 1 N–H and O–H groups in total. The van der Waals surface area contributed by atoms with Crippen molar-refractivity contribution in [1.29, 1.82) is 0 Å². The molecule has 0 bridgehead atoms. The van der Waals surface area contributed by atoms with Crippen LogP contribution in [0.15, 0.2) is 28.8 Å². The predicted molar refractivity (Wildman–Crippen MR) is 70.8 cm³/mol. The van der Waals surface area contributed by atoms with E-state index in [1.165, 1.54) is 0 Å². The average molecular weight is 262 g/mol. The molecule has 1 heterocycles. The van der Waals surface area contributed by atoms with Crippen molar-refractivity contribution in [2.75, 3.05) is 6.61 Å². The van der Waals surface area contributed by atoms with Gasteiger partial charge < -0.3 is 14.4 Å². The monoisotopic (exact) mass is 262 g/mol. The number of nitrogens with zero attached hydrogens (tertiary/aromatic N) is 2. The minimum atomic E-state index is -0.728. The molecule has 0 radical (unpaired) electrons. The number of aromatic nitrogens is 2. The molecule has 0 amide bonds. The van der Waals surface area contributed by atoms with Gasteiger partial charge in [-0.1, -0.05) is 18.5 Å². The molecule has 0 aliphatic carbocycles. The Labute approximate surface area is 112 Å². The molecule has 1 aromatic carbocycles. The first-order valence-electron chi connectivity index (χ1n) is 6.45. The highest BCUT2D eigenvalue weighted by Crippen LogP contribution is 2.22. The molecule has 2 rings (SSSR count). The van der Waals surface area contributed by atoms with Gasteiger partial charge >= 0.3 is 0 Å². The molecule has 0 aliphatic heterocycles. The molecule has 0 saturated heterocycles. The van der Waals surface area contributed by atoms with Crippen molar-refractivity contribution in [1.82, 2.24) is 10.1 Å². The molecule has 0 spiro atoms. The molecule has 1 unspecified atom stereocenters. The topological polar surface area (TPSA) is 68.4 Å². The summed E-state index contributed by atoms with van der Waals surface area (Å²) in [6, 6.07) is 7.47. The third-order valence-electron chi connectivity index (χ3n) is 2.68. The van der Waals surface area contributed by atoms with Gasteiger partial charge in [-0.05, 0) is 37.6 Å². The summed E-state index contributed by atoms with van der Waals surface area (Å²) in [7, 11) is 0. The van der Waals surface area contributed by atoms with Crippen molar-refractivity contribution in [3.8, 4) is 17.2 Å². The summed E-state index contributed by atoms with van der Waals surface area (Å²) >= 11 is 0. The Morgan fingerprint density at radius 3 is 2.63 bits per heavy atom. The SMILES string of the molecule is CCCCOc1ccc(-c2nc(C(C)O)no2)cc1. The van der Waals surface area contributed by atoms with Crippen LogP contribution in [0.2, 0.25) is 0 Å². The number of aliphatic hydroxyl groups excluding tert-OH is 1. The van der Waals surface area contributed by atoms with Crippen molar-refractivity contribution < 1.29 is 14.4 Å². The fraction of sp³-hybridized carbons (Fsp3) is 0.429. The van der Waals surface area contributed by atoms with E-state index in [0.29, 0.717) is 11.7 Å². The molecular weight excluding hydrogens is 244 g/mol. The molecule has 5 nitrogen and oxygen atoms in total. The highest BCUT2D eigenvalue weighted by Gasteiger charge is 2.12. The lowest BCUT2D eigenvalue weighted by atomic mass is 10.2. The number of ether oxygens (including phenoxy) is 1. The number of hydrogen-bond donors (Lipinski definition) is 1. The number of rotatable bonds is 6. The largest absolute Gasteiger partial charge is 0.494 e. The number of benzene rings is 1. The maximum Gasteiger partial charge on any atom is 0.258 e. The van der Waals surface area contributed by atoms with Crippen LogP contribution in [0.4, 0.5) is 0 Å². The Morgan fingerprint density at radius 1 is 1.32 bits per heavy atom. The molecule has 0 saturated carbocycles. The van der Waals surface area contributed by atoms with Gasteiger partial charge in [0.2, 0.25) is 0 Å². The molecule has 0 aliphatic rings. The van der Waals surface area contributed by atoms with E-state index in [4.69, 9.17) is 9.26 Å². The summed E-state index contributed by atoms with van der Waals surface area (Å²) in [5, 5.41) is 13.1. The van der Waals surface area contributed by atoms with Crippen molar-refractivity contribution in [3.63, 3.8) is 0 Å². The van der Waals surface area contributed by atoms with Crippen LogP contribution in [0.25, 0.3) is 11.5 Å². The normalized spacial score (nSPS) is 12.4. The van der Waals surface area contributed by atoms with E-state index in [1.54, 1.807) is 6.92 Å². The van der Waals surface area contributed by atoms with Crippen LogP contribution in [0, 0.1) is 0 Å². The summed E-state index contributed by atoms with van der Waals surface area (Å²) in [5.74, 6) is 1.52. The van der Waals surface area contributed by atoms with E-state index in [0.717, 1.165) is 30.8 Å². The third kappa shape index (κ3) is 3.54. The van der Waals surface area contributed by atoms with Gasteiger partial charge in [0.05, 0.1) is 6.61 Å². The van der Waals surface area contributed by atoms with E-state index < -0.39 is 6.10 Å². The van der Waals surface area contributed by atoms with Gasteiger partial charge in [0.1, 0.15) is 11.9 Å². The second-order valence-corrected chi connectivity index (χ2v) is 4.36. The van der Waals surface area contributed by atoms with Crippen LogP contribution in [-0.2, 0) is 0 Å². The van der Waals surface area contributed by atoms with Gasteiger partial charge in [-0.3, -0.25) is 0 Å². The second kappa shape index (κ2) is 6.33. The summed E-state index contributed by atoms with van der Waals surface area (Å²) in [5.41, 5.74) is 0.808. The lowest BCUT2D eigenvalue weighted by Crippen LogP contribution is -1.96. The lowest BCUT2D eigenvalue weighted by molar-refractivity contribution is 0.184. The second-order valence-electron chi connectivity index (χ2n) is 4.36. The van der Waals surface area contributed by atoms with Gasteiger partial charge in [0.25, 0.3) is 5.89 Å².